The molecule has 4 rings (SSSR count). The number of carbonyl (C=O) groups is 2. The van der Waals surface area contributed by atoms with Gasteiger partial charge in [0, 0.05) is 17.4 Å². The summed E-state index contributed by atoms with van der Waals surface area (Å²) in [6.07, 6.45) is 9.94. The van der Waals surface area contributed by atoms with Gasteiger partial charge in [0.05, 0.1) is 12.2 Å². The molecule has 2 heterocycles. The van der Waals surface area contributed by atoms with Gasteiger partial charge in [-0.05, 0) is 55.4 Å². The van der Waals surface area contributed by atoms with E-state index in [1.54, 1.807) is 6.26 Å². The zero-order chi connectivity index (χ0) is 15.8. The summed E-state index contributed by atoms with van der Waals surface area (Å²) in [7, 11) is 0. The van der Waals surface area contributed by atoms with Crippen molar-refractivity contribution >= 4 is 22.8 Å². The highest BCUT2D eigenvalue weighted by molar-refractivity contribution is 6.02. The molecule has 1 N–H and O–H groups in total. The first kappa shape index (κ1) is 14.5. The van der Waals surface area contributed by atoms with Crippen LogP contribution in [-0.4, -0.2) is 11.8 Å². The number of hydrogen-bond donors (Lipinski definition) is 1. The zero-order valence-corrected chi connectivity index (χ0v) is 13.2. The third kappa shape index (κ3) is 2.67. The highest BCUT2D eigenvalue weighted by atomic mass is 16.3. The zero-order valence-electron chi connectivity index (χ0n) is 13.2. The van der Waals surface area contributed by atoms with Crippen molar-refractivity contribution in [1.29, 1.82) is 0 Å². The van der Waals surface area contributed by atoms with E-state index in [4.69, 9.17) is 4.42 Å². The lowest BCUT2D eigenvalue weighted by atomic mass is 9.87. The van der Waals surface area contributed by atoms with E-state index in [-0.39, 0.29) is 17.7 Å². The van der Waals surface area contributed by atoms with Crippen LogP contribution in [0.2, 0.25) is 0 Å². The minimum Gasteiger partial charge on any atom is -0.464 e. The van der Waals surface area contributed by atoms with E-state index in [1.807, 2.05) is 0 Å². The molecule has 23 heavy (non-hydrogen) atoms. The summed E-state index contributed by atoms with van der Waals surface area (Å²) in [6.45, 7) is 0. The Hall–Kier alpha value is -2.10. The lowest BCUT2D eigenvalue weighted by Crippen LogP contribution is -2.39. The first-order valence-corrected chi connectivity index (χ1v) is 8.59. The van der Waals surface area contributed by atoms with Crippen LogP contribution in [0.5, 0.6) is 0 Å². The van der Waals surface area contributed by atoms with Crippen LogP contribution in [0.3, 0.4) is 0 Å². The number of piperidine rings is 1. The third-order valence-electron chi connectivity index (χ3n) is 5.18. The number of imide groups is 1. The molecule has 4 heteroatoms. The number of amides is 2. The number of furan rings is 1. The van der Waals surface area contributed by atoms with Crippen LogP contribution in [0.25, 0.3) is 11.0 Å². The topological polar surface area (TPSA) is 59.3 Å². The summed E-state index contributed by atoms with van der Waals surface area (Å²) in [4.78, 5) is 23.5. The summed E-state index contributed by atoms with van der Waals surface area (Å²) in [6, 6.07) is 4.38. The maximum atomic E-state index is 12.2. The Balaban J connectivity index is 1.75. The number of rotatable bonds is 1. The first-order chi connectivity index (χ1) is 11.2. The molecule has 2 aliphatic rings. The van der Waals surface area contributed by atoms with Crippen LogP contribution in [0, 0.1) is 0 Å². The fraction of sp³-hybridized carbons (Fsp3) is 0.474. The average molecular weight is 311 g/mol. The summed E-state index contributed by atoms with van der Waals surface area (Å²) in [5, 5.41) is 3.48. The Bertz CT molecular complexity index is 774. The lowest BCUT2D eigenvalue weighted by molar-refractivity contribution is -0.134. The Morgan fingerprint density at radius 3 is 2.43 bits per heavy atom. The molecule has 1 saturated heterocycles. The predicted molar refractivity (Wildman–Crippen MR) is 87.2 cm³/mol. The van der Waals surface area contributed by atoms with E-state index < -0.39 is 0 Å². The van der Waals surface area contributed by atoms with E-state index >= 15 is 0 Å². The predicted octanol–water partition coefficient (Wildman–Crippen LogP) is 3.61. The number of fused-ring (bicyclic) bond motifs is 2. The largest absolute Gasteiger partial charge is 0.464 e. The molecule has 0 bridgehead atoms. The van der Waals surface area contributed by atoms with Crippen LogP contribution in [0.15, 0.2) is 22.8 Å². The second-order valence-corrected chi connectivity index (χ2v) is 6.73. The van der Waals surface area contributed by atoms with Crippen LogP contribution in [0.1, 0.15) is 61.1 Å². The molecule has 1 fully saturated rings. The molecule has 1 aliphatic heterocycles. The molecule has 0 radical (unpaired) electrons. The summed E-state index contributed by atoms with van der Waals surface area (Å²) in [5.74, 6) is -0.652. The molecule has 1 aromatic carbocycles. The van der Waals surface area contributed by atoms with E-state index in [1.165, 1.54) is 36.8 Å². The minimum atomic E-state index is -0.277. The van der Waals surface area contributed by atoms with Crippen LogP contribution in [0.4, 0.5) is 0 Å². The molecule has 1 unspecified atom stereocenters. The number of aryl methyl sites for hydroxylation is 2. The van der Waals surface area contributed by atoms with Crippen molar-refractivity contribution in [3.8, 4) is 0 Å². The summed E-state index contributed by atoms with van der Waals surface area (Å²) in [5.41, 5.74) is 4.58. The number of carbonyl (C=O) groups excluding carboxylic acids is 2. The quantitative estimate of drug-likeness (QED) is 0.818. The summed E-state index contributed by atoms with van der Waals surface area (Å²) < 4.78 is 5.75. The highest BCUT2D eigenvalue weighted by Crippen LogP contribution is 2.35. The Morgan fingerprint density at radius 2 is 1.70 bits per heavy atom. The standard InChI is InChI=1S/C19H21NO3/c21-18-8-7-14(19(22)20-18)16-11-23-17-10-13-6-4-2-1-3-5-12(13)9-15(16)17/h9-11,14H,1-8H2,(H,20,21,22). The van der Waals surface area contributed by atoms with E-state index in [2.05, 4.69) is 17.4 Å². The van der Waals surface area contributed by atoms with Gasteiger partial charge in [0.25, 0.3) is 0 Å². The van der Waals surface area contributed by atoms with Gasteiger partial charge in [-0.25, -0.2) is 0 Å². The van der Waals surface area contributed by atoms with Gasteiger partial charge in [0.1, 0.15) is 5.58 Å². The lowest BCUT2D eigenvalue weighted by Gasteiger charge is -2.20. The monoisotopic (exact) mass is 311 g/mol. The van der Waals surface area contributed by atoms with Crippen molar-refractivity contribution in [1.82, 2.24) is 5.32 Å². The van der Waals surface area contributed by atoms with Gasteiger partial charge in [0.2, 0.25) is 11.8 Å². The number of hydrogen-bond acceptors (Lipinski definition) is 3. The Morgan fingerprint density at radius 1 is 0.957 bits per heavy atom. The maximum Gasteiger partial charge on any atom is 0.234 e. The van der Waals surface area contributed by atoms with Crippen molar-refractivity contribution in [3.05, 3.63) is 35.1 Å². The van der Waals surface area contributed by atoms with Crippen LogP contribution >= 0.6 is 0 Å². The van der Waals surface area contributed by atoms with Crippen molar-refractivity contribution in [3.63, 3.8) is 0 Å². The van der Waals surface area contributed by atoms with Gasteiger partial charge in [0.15, 0.2) is 0 Å². The molecule has 0 saturated carbocycles. The smallest absolute Gasteiger partial charge is 0.234 e. The number of benzene rings is 1. The van der Waals surface area contributed by atoms with Gasteiger partial charge >= 0.3 is 0 Å². The Labute approximate surface area is 135 Å². The molecule has 120 valence electrons. The van der Waals surface area contributed by atoms with Gasteiger partial charge in [-0.15, -0.1) is 0 Å². The second-order valence-electron chi connectivity index (χ2n) is 6.73. The van der Waals surface area contributed by atoms with Crippen molar-refractivity contribution in [2.24, 2.45) is 0 Å². The molecule has 2 amide bonds. The molecule has 1 aromatic heterocycles. The average Bonchev–Trinajstić information content (AvgIpc) is 2.90. The van der Waals surface area contributed by atoms with Gasteiger partial charge in [-0.3, -0.25) is 14.9 Å². The molecule has 1 aliphatic carbocycles. The molecule has 0 spiro atoms. The highest BCUT2D eigenvalue weighted by Gasteiger charge is 2.30. The summed E-state index contributed by atoms with van der Waals surface area (Å²) >= 11 is 0. The van der Waals surface area contributed by atoms with Gasteiger partial charge in [-0.1, -0.05) is 12.8 Å². The fourth-order valence-corrected chi connectivity index (χ4v) is 3.89. The van der Waals surface area contributed by atoms with Crippen LogP contribution in [-0.2, 0) is 22.4 Å². The second kappa shape index (κ2) is 5.84. The van der Waals surface area contributed by atoms with E-state index in [9.17, 15) is 9.59 Å². The molecule has 1 atom stereocenters. The van der Waals surface area contributed by atoms with Crippen molar-refractivity contribution in [2.45, 2.75) is 57.3 Å². The SMILES string of the molecule is O=C1CCC(c2coc3cc4c(cc23)CCCCCC4)C(=O)N1. The molecule has 4 nitrogen and oxygen atoms in total. The Kier molecular flexibility index (Phi) is 3.68. The minimum absolute atomic E-state index is 0.177. The number of nitrogens with one attached hydrogen (secondary N) is 1. The van der Waals surface area contributed by atoms with E-state index in [0.717, 1.165) is 29.4 Å². The molecule has 2 aromatic rings. The van der Waals surface area contributed by atoms with Crippen molar-refractivity contribution < 1.29 is 14.0 Å². The normalized spacial score (nSPS) is 22.3. The van der Waals surface area contributed by atoms with Crippen LogP contribution < -0.4 is 5.32 Å². The van der Waals surface area contributed by atoms with Gasteiger partial charge < -0.3 is 4.42 Å². The molecular weight excluding hydrogens is 290 g/mol. The maximum absolute atomic E-state index is 12.2. The first-order valence-electron chi connectivity index (χ1n) is 8.59. The third-order valence-corrected chi connectivity index (χ3v) is 5.18. The molecular formula is C19H21NO3. The van der Waals surface area contributed by atoms with Crippen molar-refractivity contribution in [2.75, 3.05) is 0 Å². The van der Waals surface area contributed by atoms with E-state index in [0.29, 0.717) is 12.8 Å². The van der Waals surface area contributed by atoms with Gasteiger partial charge in [-0.2, -0.15) is 0 Å². The fourth-order valence-electron chi connectivity index (χ4n) is 3.89.